The third-order valence-corrected chi connectivity index (χ3v) is 3.73. The molecule has 0 radical (unpaired) electrons. The first-order valence-electron chi connectivity index (χ1n) is 7.44. The van der Waals surface area contributed by atoms with Crippen LogP contribution in [0.2, 0.25) is 0 Å². The molecule has 0 aliphatic heterocycles. The van der Waals surface area contributed by atoms with Gasteiger partial charge in [-0.1, -0.05) is 18.2 Å². The van der Waals surface area contributed by atoms with E-state index in [9.17, 15) is 4.79 Å². The van der Waals surface area contributed by atoms with E-state index in [-0.39, 0.29) is 12.5 Å². The van der Waals surface area contributed by atoms with E-state index in [2.05, 4.69) is 17.4 Å². The minimum Gasteiger partial charge on any atom is -0.483 e. The highest BCUT2D eigenvalue weighted by molar-refractivity contribution is 5.92. The largest absolute Gasteiger partial charge is 0.483 e. The van der Waals surface area contributed by atoms with Crippen molar-refractivity contribution in [1.29, 1.82) is 0 Å². The lowest BCUT2D eigenvalue weighted by atomic mass is 10.1. The molecule has 0 saturated carbocycles. The molecule has 2 aromatic carbocycles. The van der Waals surface area contributed by atoms with Gasteiger partial charge in [0.25, 0.3) is 5.91 Å². The Balaban J connectivity index is 2.03. The summed E-state index contributed by atoms with van der Waals surface area (Å²) in [5.74, 6) is 0.654. The van der Waals surface area contributed by atoms with Gasteiger partial charge in [-0.3, -0.25) is 4.79 Å². The van der Waals surface area contributed by atoms with Crippen molar-refractivity contribution in [1.82, 2.24) is 0 Å². The van der Waals surface area contributed by atoms with Gasteiger partial charge >= 0.3 is 0 Å². The van der Waals surface area contributed by atoms with Gasteiger partial charge in [0.15, 0.2) is 6.61 Å². The van der Waals surface area contributed by atoms with Crippen LogP contribution in [0.1, 0.15) is 27.8 Å². The first kappa shape index (κ1) is 16.1. The van der Waals surface area contributed by atoms with Gasteiger partial charge in [-0.15, -0.1) is 0 Å². The number of hydrogen-bond acceptors (Lipinski definition) is 2. The predicted octanol–water partition coefficient (Wildman–Crippen LogP) is 4.25. The maximum absolute atomic E-state index is 12.1. The molecule has 0 aliphatic rings. The number of aryl methyl sites for hydroxylation is 4. The second kappa shape index (κ2) is 6.65. The number of carbonyl (C=O) groups excluding carboxylic acids is 1. The average Bonchev–Trinajstić information content (AvgIpc) is 2.42. The van der Waals surface area contributed by atoms with Crippen LogP contribution in [0, 0.1) is 34.6 Å². The lowest BCUT2D eigenvalue weighted by Crippen LogP contribution is -2.21. The van der Waals surface area contributed by atoms with E-state index in [1.165, 1.54) is 0 Å². The number of hydrogen-bond donors (Lipinski definition) is 1. The van der Waals surface area contributed by atoms with Crippen LogP contribution < -0.4 is 10.1 Å². The van der Waals surface area contributed by atoms with E-state index in [0.717, 1.165) is 39.3 Å². The molecule has 3 nitrogen and oxygen atoms in total. The van der Waals surface area contributed by atoms with Gasteiger partial charge in [0, 0.05) is 5.69 Å². The van der Waals surface area contributed by atoms with Gasteiger partial charge in [0.05, 0.1) is 0 Å². The van der Waals surface area contributed by atoms with E-state index in [1.54, 1.807) is 0 Å². The van der Waals surface area contributed by atoms with Crippen molar-refractivity contribution < 1.29 is 9.53 Å². The number of anilines is 1. The van der Waals surface area contributed by atoms with Gasteiger partial charge in [-0.25, -0.2) is 0 Å². The SMILES string of the molecule is Cc1cc(C)cc(NC(=O)COc2c(C)ccc(C)c2C)c1. The summed E-state index contributed by atoms with van der Waals surface area (Å²) in [6.45, 7) is 10.1. The molecule has 116 valence electrons. The molecular formula is C19H23NO2. The topological polar surface area (TPSA) is 38.3 Å². The van der Waals surface area contributed by atoms with Crippen LogP contribution in [0.15, 0.2) is 30.3 Å². The van der Waals surface area contributed by atoms with Crippen LogP contribution in [0.3, 0.4) is 0 Å². The van der Waals surface area contributed by atoms with Crippen LogP contribution in [0.25, 0.3) is 0 Å². The molecule has 2 rings (SSSR count). The quantitative estimate of drug-likeness (QED) is 0.916. The van der Waals surface area contributed by atoms with E-state index in [1.807, 2.05) is 52.8 Å². The van der Waals surface area contributed by atoms with E-state index in [4.69, 9.17) is 4.74 Å². The van der Waals surface area contributed by atoms with Crippen LogP contribution in [0.4, 0.5) is 5.69 Å². The number of nitrogens with one attached hydrogen (secondary N) is 1. The smallest absolute Gasteiger partial charge is 0.262 e. The molecule has 0 fully saturated rings. The normalized spacial score (nSPS) is 10.4. The molecule has 3 heteroatoms. The fourth-order valence-corrected chi connectivity index (χ4v) is 2.53. The highest BCUT2D eigenvalue weighted by atomic mass is 16.5. The summed E-state index contributed by atoms with van der Waals surface area (Å²) >= 11 is 0. The minimum absolute atomic E-state index is 0.0120. The van der Waals surface area contributed by atoms with Crippen molar-refractivity contribution in [3.63, 3.8) is 0 Å². The van der Waals surface area contributed by atoms with Crippen molar-refractivity contribution in [2.45, 2.75) is 34.6 Å². The first-order valence-corrected chi connectivity index (χ1v) is 7.44. The number of benzene rings is 2. The number of ether oxygens (including phenoxy) is 1. The van der Waals surface area contributed by atoms with Crippen LogP contribution in [-0.2, 0) is 4.79 Å². The Labute approximate surface area is 132 Å². The fraction of sp³-hybridized carbons (Fsp3) is 0.316. The Bertz CT molecular complexity index is 685. The summed E-state index contributed by atoms with van der Waals surface area (Å²) in [5, 5.41) is 2.88. The standard InChI is InChI=1S/C19H23NO2/c1-12-8-13(2)10-17(9-12)20-18(21)11-22-19-15(4)7-6-14(3)16(19)5/h6-10H,11H2,1-5H3,(H,20,21). The Morgan fingerprint density at radius 1 is 0.955 bits per heavy atom. The zero-order valence-corrected chi connectivity index (χ0v) is 13.9. The van der Waals surface area contributed by atoms with E-state index >= 15 is 0 Å². The zero-order chi connectivity index (χ0) is 16.3. The second-order valence-electron chi connectivity index (χ2n) is 5.87. The van der Waals surface area contributed by atoms with E-state index < -0.39 is 0 Å². The molecule has 22 heavy (non-hydrogen) atoms. The molecule has 0 aromatic heterocycles. The number of rotatable bonds is 4. The third kappa shape index (κ3) is 3.88. The summed E-state index contributed by atoms with van der Waals surface area (Å²) in [6.07, 6.45) is 0. The molecule has 1 amide bonds. The van der Waals surface area contributed by atoms with Gasteiger partial charge < -0.3 is 10.1 Å². The van der Waals surface area contributed by atoms with E-state index in [0.29, 0.717) is 0 Å². The highest BCUT2D eigenvalue weighted by Crippen LogP contribution is 2.25. The maximum Gasteiger partial charge on any atom is 0.262 e. The summed E-state index contributed by atoms with van der Waals surface area (Å²) in [4.78, 5) is 12.1. The van der Waals surface area contributed by atoms with Crippen LogP contribution in [0.5, 0.6) is 5.75 Å². The summed E-state index contributed by atoms with van der Waals surface area (Å²) in [6, 6.07) is 10.1. The molecule has 0 spiro atoms. The molecule has 0 atom stereocenters. The highest BCUT2D eigenvalue weighted by Gasteiger charge is 2.09. The Morgan fingerprint density at radius 3 is 2.18 bits per heavy atom. The molecule has 0 aliphatic carbocycles. The van der Waals surface area contributed by atoms with Crippen molar-refractivity contribution >= 4 is 11.6 Å². The molecule has 0 bridgehead atoms. The van der Waals surface area contributed by atoms with Crippen molar-refractivity contribution in [2.75, 3.05) is 11.9 Å². The molecule has 0 saturated heterocycles. The summed E-state index contributed by atoms with van der Waals surface area (Å²) in [7, 11) is 0. The van der Waals surface area contributed by atoms with Gasteiger partial charge in [-0.2, -0.15) is 0 Å². The molecule has 0 unspecified atom stereocenters. The van der Waals surface area contributed by atoms with Crippen LogP contribution in [-0.4, -0.2) is 12.5 Å². The zero-order valence-electron chi connectivity index (χ0n) is 13.9. The second-order valence-corrected chi connectivity index (χ2v) is 5.87. The van der Waals surface area contributed by atoms with Gasteiger partial charge in [0.1, 0.15) is 5.75 Å². The summed E-state index contributed by atoms with van der Waals surface area (Å²) in [5.41, 5.74) is 6.35. The molecular weight excluding hydrogens is 274 g/mol. The molecule has 2 aromatic rings. The predicted molar refractivity (Wildman–Crippen MR) is 90.7 cm³/mol. The Morgan fingerprint density at radius 2 is 1.55 bits per heavy atom. The maximum atomic E-state index is 12.1. The monoisotopic (exact) mass is 297 g/mol. The minimum atomic E-state index is -0.148. The van der Waals surface area contributed by atoms with Crippen LogP contribution >= 0.6 is 0 Å². The third-order valence-electron chi connectivity index (χ3n) is 3.73. The van der Waals surface area contributed by atoms with Gasteiger partial charge in [-0.05, 0) is 74.6 Å². The summed E-state index contributed by atoms with van der Waals surface area (Å²) < 4.78 is 5.73. The fourth-order valence-electron chi connectivity index (χ4n) is 2.53. The Hall–Kier alpha value is -2.29. The van der Waals surface area contributed by atoms with Crippen molar-refractivity contribution in [3.8, 4) is 5.75 Å². The first-order chi connectivity index (χ1) is 10.4. The number of carbonyl (C=O) groups is 1. The molecule has 0 heterocycles. The lowest BCUT2D eigenvalue weighted by Gasteiger charge is -2.14. The molecule has 1 N–H and O–H groups in total. The Kier molecular flexibility index (Phi) is 4.86. The van der Waals surface area contributed by atoms with Crippen molar-refractivity contribution in [3.05, 3.63) is 58.1 Å². The lowest BCUT2D eigenvalue weighted by molar-refractivity contribution is -0.118. The van der Waals surface area contributed by atoms with Gasteiger partial charge in [0.2, 0.25) is 0 Å². The average molecular weight is 297 g/mol. The van der Waals surface area contributed by atoms with Crippen molar-refractivity contribution in [2.24, 2.45) is 0 Å². The number of amides is 1.